The zero-order valence-corrected chi connectivity index (χ0v) is 15.7. The third-order valence-electron chi connectivity index (χ3n) is 4.69. The number of rotatable bonds is 5. The second-order valence-electron chi connectivity index (χ2n) is 7.04. The highest BCUT2D eigenvalue weighted by Crippen LogP contribution is 2.44. The maximum absolute atomic E-state index is 12.3. The summed E-state index contributed by atoms with van der Waals surface area (Å²) in [5.74, 6) is -0.694. The van der Waals surface area contributed by atoms with Crippen molar-refractivity contribution in [3.63, 3.8) is 0 Å². The van der Waals surface area contributed by atoms with Gasteiger partial charge in [0.05, 0.1) is 12.9 Å². The molecule has 148 valence electrons. The Kier molecular flexibility index (Phi) is 4.51. The largest absolute Gasteiger partial charge is 0.368 e. The fourth-order valence-electron chi connectivity index (χ4n) is 3.62. The van der Waals surface area contributed by atoms with Gasteiger partial charge in [0.1, 0.15) is 24.4 Å². The van der Waals surface area contributed by atoms with E-state index in [-0.39, 0.29) is 18.2 Å². The maximum atomic E-state index is 12.3. The van der Waals surface area contributed by atoms with Crippen LogP contribution >= 0.6 is 0 Å². The van der Waals surface area contributed by atoms with Crippen LogP contribution in [-0.4, -0.2) is 62.5 Å². The second-order valence-corrected chi connectivity index (χ2v) is 7.04. The lowest BCUT2D eigenvalue weighted by molar-refractivity contribution is -0.196. The highest BCUT2D eigenvalue weighted by molar-refractivity contribution is 5.86. The lowest BCUT2D eigenvalue weighted by Gasteiger charge is -2.24. The molecule has 11 heteroatoms. The molecule has 2 aliphatic rings. The topological polar surface area (TPSA) is 150 Å². The zero-order chi connectivity index (χ0) is 20.1. The lowest BCUT2D eigenvalue weighted by Crippen LogP contribution is -2.38. The number of nitriles is 1. The van der Waals surface area contributed by atoms with Gasteiger partial charge in [-0.2, -0.15) is 15.2 Å². The number of carbonyl (C=O) groups is 1. The van der Waals surface area contributed by atoms with Crippen molar-refractivity contribution in [2.75, 3.05) is 18.4 Å². The van der Waals surface area contributed by atoms with E-state index in [1.54, 1.807) is 18.4 Å². The summed E-state index contributed by atoms with van der Waals surface area (Å²) in [7, 11) is 0. The van der Waals surface area contributed by atoms with E-state index in [0.29, 0.717) is 23.5 Å². The molecule has 0 unspecified atom stereocenters. The molecule has 0 aliphatic carbocycles. The van der Waals surface area contributed by atoms with Crippen molar-refractivity contribution in [3.05, 3.63) is 12.2 Å². The Bertz CT molecular complexity index is 966. The number of nitrogens with one attached hydrogen (secondary N) is 1. The second kappa shape index (κ2) is 6.75. The summed E-state index contributed by atoms with van der Waals surface area (Å²) in [6, 6.07) is 1.95. The average molecular weight is 387 g/mol. The van der Waals surface area contributed by atoms with E-state index in [2.05, 4.69) is 20.3 Å². The van der Waals surface area contributed by atoms with Gasteiger partial charge >= 0.3 is 0 Å². The fraction of sp³-hybridized carbons (Fsp3) is 0.588. The van der Waals surface area contributed by atoms with Crippen LogP contribution in [-0.2, 0) is 19.0 Å². The highest BCUT2D eigenvalue weighted by Gasteiger charge is 2.57. The summed E-state index contributed by atoms with van der Waals surface area (Å²) in [6.07, 6.45) is -1.19. The Morgan fingerprint density at radius 2 is 2.14 bits per heavy atom. The molecule has 4 heterocycles. The Morgan fingerprint density at radius 3 is 2.82 bits per heavy atom. The molecule has 0 bridgehead atoms. The summed E-state index contributed by atoms with van der Waals surface area (Å²) in [5.41, 5.74) is 6.43. The van der Waals surface area contributed by atoms with Gasteiger partial charge < -0.3 is 25.3 Å². The quantitative estimate of drug-likeness (QED) is 0.721. The van der Waals surface area contributed by atoms with Crippen molar-refractivity contribution in [2.24, 2.45) is 5.73 Å². The van der Waals surface area contributed by atoms with Gasteiger partial charge in [-0.05, 0) is 20.8 Å². The van der Waals surface area contributed by atoms with Gasteiger partial charge in [-0.15, -0.1) is 0 Å². The third-order valence-corrected chi connectivity index (χ3v) is 4.69. The number of hydrogen-bond donors (Lipinski definition) is 2. The molecule has 2 aromatic rings. The molecule has 0 aromatic carbocycles. The lowest BCUT2D eigenvalue weighted by atomic mass is 10.1. The van der Waals surface area contributed by atoms with Gasteiger partial charge in [0.15, 0.2) is 34.8 Å². The van der Waals surface area contributed by atoms with E-state index >= 15 is 0 Å². The van der Waals surface area contributed by atoms with Gasteiger partial charge in [-0.1, -0.05) is 0 Å². The van der Waals surface area contributed by atoms with Gasteiger partial charge in [-0.25, -0.2) is 4.98 Å². The summed E-state index contributed by atoms with van der Waals surface area (Å²) < 4.78 is 19.5. The molecule has 0 saturated carbocycles. The van der Waals surface area contributed by atoms with Crippen LogP contribution in [0.5, 0.6) is 0 Å². The van der Waals surface area contributed by atoms with Crippen LogP contribution in [0.15, 0.2) is 6.33 Å². The maximum Gasteiger partial charge on any atom is 0.236 e. The number of fused-ring (bicyclic) bond motifs is 2. The number of ether oxygens (including phenoxy) is 3. The van der Waals surface area contributed by atoms with Gasteiger partial charge in [-0.3, -0.25) is 9.36 Å². The first-order valence-electron chi connectivity index (χ1n) is 9.01. The van der Waals surface area contributed by atoms with Gasteiger partial charge in [0, 0.05) is 6.54 Å². The first-order valence-corrected chi connectivity index (χ1v) is 9.01. The predicted molar refractivity (Wildman–Crippen MR) is 96.0 cm³/mol. The monoisotopic (exact) mass is 387 g/mol. The molecule has 2 aromatic heterocycles. The number of aromatic nitrogens is 4. The number of nitrogens with zero attached hydrogens (tertiary/aromatic N) is 5. The minimum absolute atomic E-state index is 0.00162. The van der Waals surface area contributed by atoms with Crippen LogP contribution < -0.4 is 11.1 Å². The Hall–Kier alpha value is -2.65. The number of nitrogens with two attached hydrogens (primary N) is 1. The Balaban J connectivity index is 1.80. The minimum atomic E-state index is -0.872. The number of carbonyl (C=O) groups excluding carboxylic acids is 1. The summed E-state index contributed by atoms with van der Waals surface area (Å²) in [5, 5.41) is 12.4. The normalized spacial score (nSPS) is 28.2. The smallest absolute Gasteiger partial charge is 0.236 e. The van der Waals surface area contributed by atoms with Crippen molar-refractivity contribution >= 4 is 22.8 Å². The molecule has 0 spiro atoms. The number of hydrogen-bond acceptors (Lipinski definition) is 10. The van der Waals surface area contributed by atoms with Crippen molar-refractivity contribution in [2.45, 2.75) is 51.1 Å². The number of ketones is 1. The molecule has 3 N–H and O–H groups in total. The standard InChI is InChI=1S/C17H21N7O4/c1-4-20-14-10-15(23-9(6-19)22-14)24(7-21-10)16-13-12(27-17(2,3)28-13)11(26-16)8(25)5-18/h7,11-13,16H,4-5,18H2,1-3H3,(H,20,22,23)/t11-,12-,13-,16-/m1/s1. The van der Waals surface area contributed by atoms with Crippen molar-refractivity contribution in [3.8, 4) is 6.07 Å². The molecule has 4 atom stereocenters. The molecule has 2 saturated heterocycles. The van der Waals surface area contributed by atoms with E-state index in [0.717, 1.165) is 0 Å². The van der Waals surface area contributed by atoms with Crippen LogP contribution in [0.3, 0.4) is 0 Å². The summed E-state index contributed by atoms with van der Waals surface area (Å²) in [4.78, 5) is 25.1. The van der Waals surface area contributed by atoms with E-state index in [9.17, 15) is 10.1 Å². The molecular weight excluding hydrogens is 366 g/mol. The van der Waals surface area contributed by atoms with E-state index in [1.165, 1.54) is 6.33 Å². The first kappa shape index (κ1) is 18.7. The molecule has 4 rings (SSSR count). The SMILES string of the molecule is CCNc1nc(C#N)nc2c1ncn2[C@@H]1O[C@H](C(=O)CN)[C@H]2OC(C)(C)O[C@H]21. The minimum Gasteiger partial charge on any atom is -0.368 e. The van der Waals surface area contributed by atoms with Gasteiger partial charge in [0.2, 0.25) is 5.82 Å². The molecule has 2 aliphatic heterocycles. The Labute approximate surface area is 160 Å². The predicted octanol–water partition coefficient (Wildman–Crippen LogP) is 0.0751. The summed E-state index contributed by atoms with van der Waals surface area (Å²) >= 11 is 0. The fourth-order valence-corrected chi connectivity index (χ4v) is 3.62. The average Bonchev–Trinajstić information content (AvgIpc) is 3.31. The Morgan fingerprint density at radius 1 is 1.39 bits per heavy atom. The molecule has 0 radical (unpaired) electrons. The molecule has 2 fully saturated rings. The highest BCUT2D eigenvalue weighted by atomic mass is 16.8. The number of anilines is 1. The van der Waals surface area contributed by atoms with Crippen molar-refractivity contribution < 1.29 is 19.0 Å². The van der Waals surface area contributed by atoms with Crippen LogP contribution in [0.2, 0.25) is 0 Å². The zero-order valence-electron chi connectivity index (χ0n) is 15.7. The van der Waals surface area contributed by atoms with Crippen molar-refractivity contribution in [1.82, 2.24) is 19.5 Å². The molecule has 0 amide bonds. The first-order chi connectivity index (χ1) is 13.4. The molecule has 28 heavy (non-hydrogen) atoms. The number of imidazole rings is 1. The summed E-state index contributed by atoms with van der Waals surface area (Å²) in [6.45, 7) is 5.90. The van der Waals surface area contributed by atoms with E-state index in [1.807, 2.05) is 13.0 Å². The number of Topliss-reactive ketones (excluding diaryl/α,β-unsaturated/α-hetero) is 1. The van der Waals surface area contributed by atoms with Gasteiger partial charge in [0.25, 0.3) is 0 Å². The van der Waals surface area contributed by atoms with E-state index < -0.39 is 30.3 Å². The van der Waals surface area contributed by atoms with E-state index in [4.69, 9.17) is 19.9 Å². The molecule has 11 nitrogen and oxygen atoms in total. The molecular formula is C17H21N7O4. The third kappa shape index (κ3) is 2.91. The van der Waals surface area contributed by atoms with Crippen molar-refractivity contribution in [1.29, 1.82) is 5.26 Å². The van der Waals surface area contributed by atoms with Crippen LogP contribution in [0.1, 0.15) is 32.8 Å². The van der Waals surface area contributed by atoms with Crippen LogP contribution in [0.4, 0.5) is 5.82 Å². The van der Waals surface area contributed by atoms with Crippen LogP contribution in [0, 0.1) is 11.3 Å². The van der Waals surface area contributed by atoms with Crippen LogP contribution in [0.25, 0.3) is 11.2 Å².